The zero-order valence-corrected chi connectivity index (χ0v) is 13.4. The van der Waals surface area contributed by atoms with Gasteiger partial charge in [0.1, 0.15) is 11.6 Å². The molecule has 1 atom stereocenters. The number of fused-ring (bicyclic) bond motifs is 2. The van der Waals surface area contributed by atoms with E-state index in [1.54, 1.807) is 0 Å². The van der Waals surface area contributed by atoms with Crippen molar-refractivity contribution in [2.24, 2.45) is 0 Å². The number of nitrogens with zero attached hydrogens (tertiary/aromatic N) is 3. The number of hydrogen-bond donors (Lipinski definition) is 1. The summed E-state index contributed by atoms with van der Waals surface area (Å²) in [4.78, 5) is 0. The minimum Gasteiger partial charge on any atom is -0.490 e. The highest BCUT2D eigenvalue weighted by atomic mass is 16.5. The second-order valence-corrected chi connectivity index (χ2v) is 6.19. The number of ether oxygens (including phenoxy) is 2. The summed E-state index contributed by atoms with van der Waals surface area (Å²) < 4.78 is 13.9. The Morgan fingerprint density at radius 1 is 1.26 bits per heavy atom. The van der Waals surface area contributed by atoms with Crippen molar-refractivity contribution in [3.8, 4) is 11.5 Å². The summed E-state index contributed by atoms with van der Waals surface area (Å²) in [5.74, 6) is 3.86. The van der Waals surface area contributed by atoms with Crippen molar-refractivity contribution >= 4 is 0 Å². The molecule has 2 aromatic rings. The van der Waals surface area contributed by atoms with E-state index >= 15 is 0 Å². The van der Waals surface area contributed by atoms with Gasteiger partial charge in [0.05, 0.1) is 13.2 Å². The molecule has 0 unspecified atom stereocenters. The van der Waals surface area contributed by atoms with Crippen LogP contribution < -0.4 is 14.8 Å². The molecule has 6 nitrogen and oxygen atoms in total. The van der Waals surface area contributed by atoms with Crippen LogP contribution in [-0.2, 0) is 19.5 Å². The second kappa shape index (κ2) is 6.20. The highest BCUT2D eigenvalue weighted by Gasteiger charge is 2.22. The van der Waals surface area contributed by atoms with Crippen LogP contribution in [0.25, 0.3) is 0 Å². The van der Waals surface area contributed by atoms with Gasteiger partial charge in [0, 0.05) is 37.5 Å². The first-order chi connectivity index (χ1) is 11.3. The van der Waals surface area contributed by atoms with Gasteiger partial charge in [0.15, 0.2) is 11.5 Å². The number of benzene rings is 1. The number of aryl methyl sites for hydroxylation is 2. The van der Waals surface area contributed by atoms with Crippen LogP contribution in [0.2, 0.25) is 0 Å². The highest BCUT2D eigenvalue weighted by molar-refractivity contribution is 5.47. The predicted octanol–water partition coefficient (Wildman–Crippen LogP) is 1.85. The largest absolute Gasteiger partial charge is 0.490 e. The van der Waals surface area contributed by atoms with Crippen LogP contribution in [0.15, 0.2) is 18.2 Å². The van der Waals surface area contributed by atoms with E-state index in [9.17, 15) is 0 Å². The van der Waals surface area contributed by atoms with Crippen LogP contribution in [0.4, 0.5) is 0 Å². The monoisotopic (exact) mass is 314 g/mol. The standard InChI is InChI=1S/C17H22N4O2/c1-12-19-20-16-7-6-14(11-21(12)16)18-10-13-4-2-5-15-17(13)23-9-3-8-22-15/h2,4-5,14,18H,3,6-11H2,1H3/t14-/m0/s1. The number of nitrogens with one attached hydrogen (secondary N) is 1. The lowest BCUT2D eigenvalue weighted by Gasteiger charge is -2.25. The fraction of sp³-hybridized carbons (Fsp3) is 0.529. The van der Waals surface area contributed by atoms with Crippen LogP contribution in [0.3, 0.4) is 0 Å². The van der Waals surface area contributed by atoms with Crippen molar-refractivity contribution < 1.29 is 9.47 Å². The van der Waals surface area contributed by atoms with Gasteiger partial charge in [-0.25, -0.2) is 0 Å². The summed E-state index contributed by atoms with van der Waals surface area (Å²) in [6.07, 6.45) is 3.00. The SMILES string of the molecule is Cc1nnc2n1C[C@@H](NCc1cccc3c1OCCCO3)CC2. The minimum absolute atomic E-state index is 0.430. The Morgan fingerprint density at radius 2 is 2.17 bits per heavy atom. The summed E-state index contributed by atoms with van der Waals surface area (Å²) in [7, 11) is 0. The van der Waals surface area contributed by atoms with Gasteiger partial charge in [0.2, 0.25) is 0 Å². The van der Waals surface area contributed by atoms with Crippen molar-refractivity contribution in [2.75, 3.05) is 13.2 Å². The molecule has 4 rings (SSSR count). The number of hydrogen-bond acceptors (Lipinski definition) is 5. The Bertz CT molecular complexity index is 698. The Labute approximate surface area is 135 Å². The third-order valence-corrected chi connectivity index (χ3v) is 4.57. The summed E-state index contributed by atoms with van der Waals surface area (Å²) >= 11 is 0. The average molecular weight is 314 g/mol. The molecular weight excluding hydrogens is 292 g/mol. The van der Waals surface area contributed by atoms with E-state index in [1.165, 1.54) is 0 Å². The van der Waals surface area contributed by atoms with Crippen LogP contribution in [-0.4, -0.2) is 34.0 Å². The average Bonchev–Trinajstić information content (AvgIpc) is 2.80. The molecule has 122 valence electrons. The first kappa shape index (κ1) is 14.5. The van der Waals surface area contributed by atoms with Crippen LogP contribution in [0, 0.1) is 6.92 Å². The molecular formula is C17H22N4O2. The maximum absolute atomic E-state index is 5.89. The van der Waals surface area contributed by atoms with E-state index < -0.39 is 0 Å². The molecule has 1 N–H and O–H groups in total. The van der Waals surface area contributed by atoms with Crippen molar-refractivity contribution in [3.63, 3.8) is 0 Å². The van der Waals surface area contributed by atoms with Crippen molar-refractivity contribution in [2.45, 2.75) is 45.3 Å². The van der Waals surface area contributed by atoms with Gasteiger partial charge >= 0.3 is 0 Å². The normalized spacial score (nSPS) is 20.0. The molecule has 0 saturated carbocycles. The Kier molecular flexibility index (Phi) is 3.91. The Balaban J connectivity index is 1.45. The zero-order chi connectivity index (χ0) is 15.6. The first-order valence-corrected chi connectivity index (χ1v) is 8.31. The molecule has 2 aliphatic heterocycles. The Hall–Kier alpha value is -2.08. The smallest absolute Gasteiger partial charge is 0.165 e. The lowest BCUT2D eigenvalue weighted by molar-refractivity contribution is 0.295. The molecule has 0 fully saturated rings. The molecule has 0 bridgehead atoms. The molecule has 3 heterocycles. The van der Waals surface area contributed by atoms with Crippen LogP contribution >= 0.6 is 0 Å². The third-order valence-electron chi connectivity index (χ3n) is 4.57. The van der Waals surface area contributed by atoms with Gasteiger partial charge < -0.3 is 19.4 Å². The van der Waals surface area contributed by atoms with Gasteiger partial charge in [-0.2, -0.15) is 0 Å². The maximum atomic E-state index is 5.89. The Morgan fingerprint density at radius 3 is 3.13 bits per heavy atom. The lowest BCUT2D eigenvalue weighted by atomic mass is 10.1. The minimum atomic E-state index is 0.430. The number of rotatable bonds is 3. The molecule has 6 heteroatoms. The number of aromatic nitrogens is 3. The van der Waals surface area contributed by atoms with Gasteiger partial charge in [0.25, 0.3) is 0 Å². The number of para-hydroxylation sites is 1. The van der Waals surface area contributed by atoms with E-state index in [1.807, 2.05) is 19.1 Å². The topological polar surface area (TPSA) is 61.2 Å². The van der Waals surface area contributed by atoms with Crippen molar-refractivity contribution in [3.05, 3.63) is 35.4 Å². The quantitative estimate of drug-likeness (QED) is 0.937. The molecule has 1 aromatic carbocycles. The van der Waals surface area contributed by atoms with Gasteiger partial charge in [-0.15, -0.1) is 10.2 Å². The van der Waals surface area contributed by atoms with Crippen molar-refractivity contribution in [1.29, 1.82) is 0 Å². The van der Waals surface area contributed by atoms with Gasteiger partial charge in [-0.05, 0) is 19.4 Å². The third kappa shape index (κ3) is 2.91. The van der Waals surface area contributed by atoms with E-state index in [0.29, 0.717) is 6.04 Å². The molecule has 0 amide bonds. The second-order valence-electron chi connectivity index (χ2n) is 6.19. The summed E-state index contributed by atoms with van der Waals surface area (Å²) in [6, 6.07) is 6.56. The summed E-state index contributed by atoms with van der Waals surface area (Å²) in [5, 5.41) is 12.0. The van der Waals surface area contributed by atoms with Gasteiger partial charge in [-0.1, -0.05) is 12.1 Å². The molecule has 1 aromatic heterocycles. The summed E-state index contributed by atoms with van der Waals surface area (Å²) in [6.45, 7) is 5.17. The van der Waals surface area contributed by atoms with Gasteiger partial charge in [-0.3, -0.25) is 0 Å². The lowest BCUT2D eigenvalue weighted by Crippen LogP contribution is -2.37. The van der Waals surface area contributed by atoms with E-state index in [2.05, 4.69) is 26.1 Å². The fourth-order valence-electron chi connectivity index (χ4n) is 3.28. The highest BCUT2D eigenvalue weighted by Crippen LogP contribution is 2.33. The zero-order valence-electron chi connectivity index (χ0n) is 13.4. The molecule has 0 aliphatic carbocycles. The van der Waals surface area contributed by atoms with E-state index in [4.69, 9.17) is 9.47 Å². The summed E-state index contributed by atoms with van der Waals surface area (Å²) in [5.41, 5.74) is 1.16. The molecule has 0 saturated heterocycles. The molecule has 0 radical (unpaired) electrons. The molecule has 0 spiro atoms. The maximum Gasteiger partial charge on any atom is 0.165 e. The van der Waals surface area contributed by atoms with E-state index in [0.717, 1.165) is 74.3 Å². The first-order valence-electron chi connectivity index (χ1n) is 8.31. The van der Waals surface area contributed by atoms with Crippen LogP contribution in [0.5, 0.6) is 11.5 Å². The fourth-order valence-corrected chi connectivity index (χ4v) is 3.28. The van der Waals surface area contributed by atoms with Crippen molar-refractivity contribution in [1.82, 2.24) is 20.1 Å². The van der Waals surface area contributed by atoms with Crippen LogP contribution in [0.1, 0.15) is 30.1 Å². The molecule has 23 heavy (non-hydrogen) atoms. The molecule has 2 aliphatic rings. The predicted molar refractivity (Wildman–Crippen MR) is 85.8 cm³/mol. The van der Waals surface area contributed by atoms with E-state index in [-0.39, 0.29) is 0 Å².